The summed E-state index contributed by atoms with van der Waals surface area (Å²) in [5.74, 6) is -0.437. The minimum absolute atomic E-state index is 0.00711. The van der Waals surface area contributed by atoms with Crippen molar-refractivity contribution in [3.63, 3.8) is 0 Å². The molecule has 36 heavy (non-hydrogen) atoms. The van der Waals surface area contributed by atoms with Gasteiger partial charge in [0.05, 0.1) is 12.0 Å². The van der Waals surface area contributed by atoms with Crippen LogP contribution >= 0.6 is 0 Å². The van der Waals surface area contributed by atoms with E-state index in [1.165, 1.54) is 0 Å². The largest absolute Gasteiger partial charge is 0.369 e. The summed E-state index contributed by atoms with van der Waals surface area (Å²) in [6.45, 7) is 10.6. The van der Waals surface area contributed by atoms with Crippen LogP contribution in [0.15, 0.2) is 18.2 Å². The first-order chi connectivity index (χ1) is 17.0. The highest BCUT2D eigenvalue weighted by Gasteiger charge is 2.56. The summed E-state index contributed by atoms with van der Waals surface area (Å²) < 4.78 is 5.91. The van der Waals surface area contributed by atoms with Gasteiger partial charge in [0.2, 0.25) is 11.8 Å². The van der Waals surface area contributed by atoms with Crippen molar-refractivity contribution in [3.05, 3.63) is 29.3 Å². The van der Waals surface area contributed by atoms with Crippen molar-refractivity contribution >= 4 is 23.3 Å². The van der Waals surface area contributed by atoms with Gasteiger partial charge in [0.25, 0.3) is 0 Å². The van der Waals surface area contributed by atoms with E-state index in [2.05, 4.69) is 37.6 Å². The third-order valence-corrected chi connectivity index (χ3v) is 8.39. The molecule has 2 N–H and O–H groups in total. The van der Waals surface area contributed by atoms with Crippen molar-refractivity contribution in [2.75, 3.05) is 51.3 Å². The lowest BCUT2D eigenvalue weighted by atomic mass is 9.79. The monoisotopic (exact) mass is 496 g/mol. The predicted octanol–water partition coefficient (Wildman–Crippen LogP) is 2.26. The van der Waals surface area contributed by atoms with Crippen LogP contribution in [0.2, 0.25) is 0 Å². The summed E-state index contributed by atoms with van der Waals surface area (Å²) in [5, 5.41) is 0. The lowest BCUT2D eigenvalue weighted by Gasteiger charge is -2.35. The van der Waals surface area contributed by atoms with Crippen LogP contribution in [0, 0.1) is 17.3 Å². The van der Waals surface area contributed by atoms with Crippen molar-refractivity contribution in [2.24, 2.45) is 23.0 Å². The molecule has 1 aromatic rings. The van der Waals surface area contributed by atoms with Gasteiger partial charge >= 0.3 is 0 Å². The number of likely N-dealkylation sites (N-methyl/N-ethyl adjacent to an activating group) is 1. The number of piperazine rings is 1. The minimum atomic E-state index is -0.563. The Morgan fingerprint density at radius 1 is 1.14 bits per heavy atom. The van der Waals surface area contributed by atoms with Gasteiger partial charge in [-0.15, -0.1) is 0 Å². The molecule has 1 saturated carbocycles. The first-order valence-corrected chi connectivity index (χ1v) is 13.4. The molecule has 8 nitrogen and oxygen atoms in total. The van der Waals surface area contributed by atoms with Crippen molar-refractivity contribution in [1.82, 2.24) is 9.80 Å². The lowest BCUT2D eigenvalue weighted by Crippen LogP contribution is -2.45. The van der Waals surface area contributed by atoms with E-state index in [1.54, 1.807) is 11.0 Å². The Labute approximate surface area is 214 Å². The Kier molecular flexibility index (Phi) is 6.62. The number of primary amides is 1. The number of nitrogens with zero attached hydrogens (tertiary/aromatic N) is 3. The number of Topliss-reactive ketones (excluding diaryl/α,β-unsaturated/α-hetero) is 1. The smallest absolute Gasteiger partial charge is 0.249 e. The molecular formula is C28H40N4O4. The number of amides is 2. The van der Waals surface area contributed by atoms with Crippen molar-refractivity contribution in [3.8, 4) is 0 Å². The number of anilines is 1. The molecular weight excluding hydrogens is 456 g/mol. The maximum Gasteiger partial charge on any atom is 0.249 e. The highest BCUT2D eigenvalue weighted by Crippen LogP contribution is 2.47. The number of ketones is 1. The molecule has 0 radical (unpaired) electrons. The van der Waals surface area contributed by atoms with Gasteiger partial charge in [0, 0.05) is 49.9 Å². The maximum absolute atomic E-state index is 14.4. The van der Waals surface area contributed by atoms with Crippen molar-refractivity contribution in [2.45, 2.75) is 58.1 Å². The molecule has 3 heterocycles. The molecule has 2 amide bonds. The topological polar surface area (TPSA) is 96.2 Å². The van der Waals surface area contributed by atoms with E-state index in [1.807, 2.05) is 12.1 Å². The fourth-order valence-electron chi connectivity index (χ4n) is 6.33. The Morgan fingerprint density at radius 3 is 2.44 bits per heavy atom. The molecule has 0 spiro atoms. The van der Waals surface area contributed by atoms with Crippen molar-refractivity contribution < 1.29 is 19.1 Å². The van der Waals surface area contributed by atoms with Crippen LogP contribution in [0.3, 0.4) is 0 Å². The van der Waals surface area contributed by atoms with Crippen LogP contribution < -0.4 is 10.6 Å². The standard InChI is InChI=1S/C28H40N4O4/c1-28(2,3)14-21(27(35)32-15-22(17-5-6-17)25-24(32)23(33)16-36-25)20-13-18(7-8-19(20)26(29)34)31-11-9-30(4)10-12-31/h7-8,13,17,21-22,24-25H,5-6,9-12,14-16H2,1-4H3,(H2,29,34)/t21-,22+,24+,25+/m0/s1. The van der Waals surface area contributed by atoms with E-state index in [0.29, 0.717) is 30.0 Å². The second kappa shape index (κ2) is 9.45. The second-order valence-electron chi connectivity index (χ2n) is 12.4. The number of carbonyl (C=O) groups excluding carboxylic acids is 3. The summed E-state index contributed by atoms with van der Waals surface area (Å²) in [6.07, 6.45) is 2.63. The van der Waals surface area contributed by atoms with Crippen LogP contribution in [0.5, 0.6) is 0 Å². The lowest BCUT2D eigenvalue weighted by molar-refractivity contribution is -0.138. The number of nitrogens with two attached hydrogens (primary N) is 1. The Hall–Kier alpha value is -2.45. The zero-order valence-electron chi connectivity index (χ0n) is 22.0. The molecule has 8 heteroatoms. The quantitative estimate of drug-likeness (QED) is 0.649. The molecule has 4 atom stereocenters. The first-order valence-electron chi connectivity index (χ1n) is 13.4. The molecule has 3 saturated heterocycles. The van der Waals surface area contributed by atoms with E-state index in [0.717, 1.165) is 44.7 Å². The third-order valence-electron chi connectivity index (χ3n) is 8.39. The first kappa shape index (κ1) is 25.2. The van der Waals surface area contributed by atoms with Crippen LogP contribution in [-0.4, -0.2) is 85.9 Å². The molecule has 196 valence electrons. The zero-order valence-corrected chi connectivity index (χ0v) is 22.0. The molecule has 0 aromatic heterocycles. The number of hydrogen-bond acceptors (Lipinski definition) is 6. The van der Waals surface area contributed by atoms with E-state index < -0.39 is 17.9 Å². The van der Waals surface area contributed by atoms with E-state index in [4.69, 9.17) is 10.5 Å². The highest BCUT2D eigenvalue weighted by atomic mass is 16.5. The predicted molar refractivity (Wildman–Crippen MR) is 138 cm³/mol. The molecule has 4 fully saturated rings. The normalized spacial score (nSPS) is 27.9. The van der Waals surface area contributed by atoms with Crippen molar-refractivity contribution in [1.29, 1.82) is 0 Å². The average Bonchev–Trinajstić information content (AvgIpc) is 3.49. The minimum Gasteiger partial charge on any atom is -0.369 e. The van der Waals surface area contributed by atoms with Crippen LogP contribution in [0.25, 0.3) is 0 Å². The number of rotatable bonds is 6. The maximum atomic E-state index is 14.4. The van der Waals surface area contributed by atoms with Gasteiger partial charge in [0.15, 0.2) is 5.78 Å². The number of ether oxygens (including phenoxy) is 1. The van der Waals surface area contributed by atoms with Gasteiger partial charge in [-0.2, -0.15) is 0 Å². The molecule has 1 aromatic carbocycles. The van der Waals surface area contributed by atoms with E-state index in [9.17, 15) is 14.4 Å². The van der Waals surface area contributed by atoms with Crippen LogP contribution in [0.4, 0.5) is 5.69 Å². The van der Waals surface area contributed by atoms with Gasteiger partial charge in [-0.3, -0.25) is 14.4 Å². The zero-order chi connectivity index (χ0) is 25.8. The highest BCUT2D eigenvalue weighted by molar-refractivity contribution is 5.99. The van der Waals surface area contributed by atoms with Gasteiger partial charge in [-0.1, -0.05) is 20.8 Å². The molecule has 0 bridgehead atoms. The summed E-state index contributed by atoms with van der Waals surface area (Å²) in [6, 6.07) is 5.20. The summed E-state index contributed by atoms with van der Waals surface area (Å²) in [7, 11) is 2.11. The van der Waals surface area contributed by atoms with Crippen LogP contribution in [-0.2, 0) is 14.3 Å². The number of carbonyl (C=O) groups is 3. The summed E-state index contributed by atoms with van der Waals surface area (Å²) in [5.41, 5.74) is 7.73. The van der Waals surface area contributed by atoms with E-state index >= 15 is 0 Å². The average molecular weight is 497 g/mol. The SMILES string of the molecule is CN1CCN(c2ccc(C(N)=O)c([C@H](CC(C)(C)C)C(=O)N3C[C@H](C4CC4)[C@H]4OCC(=O)[C@H]43)c2)CC1. The van der Waals surface area contributed by atoms with Crippen LogP contribution in [0.1, 0.15) is 61.9 Å². The number of fused-ring (bicyclic) bond motifs is 1. The Morgan fingerprint density at radius 2 is 1.83 bits per heavy atom. The third kappa shape index (κ3) is 4.90. The molecule has 1 aliphatic carbocycles. The fraction of sp³-hybridized carbons (Fsp3) is 0.679. The summed E-state index contributed by atoms with van der Waals surface area (Å²) >= 11 is 0. The Balaban J connectivity index is 1.52. The Bertz CT molecular complexity index is 1040. The summed E-state index contributed by atoms with van der Waals surface area (Å²) in [4.78, 5) is 46.1. The molecule has 4 aliphatic rings. The second-order valence-corrected chi connectivity index (χ2v) is 12.4. The van der Waals surface area contributed by atoms with Gasteiger partial charge < -0.3 is 25.2 Å². The van der Waals surface area contributed by atoms with E-state index in [-0.39, 0.29) is 35.7 Å². The fourth-order valence-corrected chi connectivity index (χ4v) is 6.33. The number of hydrogen-bond donors (Lipinski definition) is 1. The number of likely N-dealkylation sites (tertiary alicyclic amines) is 1. The molecule has 5 rings (SSSR count). The van der Waals surface area contributed by atoms with Gasteiger partial charge in [-0.25, -0.2) is 0 Å². The molecule has 0 unspecified atom stereocenters. The van der Waals surface area contributed by atoms with Gasteiger partial charge in [-0.05, 0) is 61.4 Å². The van der Waals surface area contributed by atoms with Gasteiger partial charge in [0.1, 0.15) is 12.6 Å². The molecule has 3 aliphatic heterocycles. The number of benzene rings is 1.